The molecule has 2 aromatic rings. The fourth-order valence-electron chi connectivity index (χ4n) is 3.38. The molecule has 0 radical (unpaired) electrons. The first-order valence-electron chi connectivity index (χ1n) is 9.50. The Balaban J connectivity index is 0.000000298. The highest BCUT2D eigenvalue weighted by Crippen LogP contribution is 2.31. The van der Waals surface area contributed by atoms with Crippen LogP contribution in [-0.2, 0) is 30.7 Å². The largest absolute Gasteiger partial charge is 0.490 e. The molecule has 0 bridgehead atoms. The van der Waals surface area contributed by atoms with Crippen LogP contribution in [0, 0.1) is 5.92 Å². The normalized spacial score (nSPS) is 17.1. The molecule has 2 aliphatic rings. The van der Waals surface area contributed by atoms with Crippen LogP contribution in [0.4, 0.5) is 13.2 Å². The maximum atomic E-state index is 12.2. The number of fused-ring (bicyclic) bond motifs is 1. The first kappa shape index (κ1) is 21.2. The molecule has 0 atom stereocenters. The standard InChI is InChI=1S/C18H22N2O2.C2HF3O2/c21-18-6-5-15-7-9-19(13-16-2-1-11-22-16)10-8-17(15)20(18)12-14-3-4-14;3-2(4,5)1(6)7/h1-2,5-6,11,14H,3-4,7-10,12-13H2;(H,6,7). The maximum Gasteiger partial charge on any atom is 0.490 e. The fraction of sp³-hybridized carbons (Fsp3) is 0.500. The van der Waals surface area contributed by atoms with E-state index in [1.807, 2.05) is 22.8 Å². The molecule has 1 aliphatic heterocycles. The quantitative estimate of drug-likeness (QED) is 0.835. The zero-order valence-corrected chi connectivity index (χ0v) is 15.8. The molecule has 1 N–H and O–H groups in total. The predicted octanol–water partition coefficient (Wildman–Crippen LogP) is 3.09. The summed E-state index contributed by atoms with van der Waals surface area (Å²) in [4.78, 5) is 23.6. The lowest BCUT2D eigenvalue weighted by molar-refractivity contribution is -0.192. The van der Waals surface area contributed by atoms with Crippen LogP contribution in [0.2, 0.25) is 0 Å². The highest BCUT2D eigenvalue weighted by Gasteiger charge is 2.38. The number of furan rings is 1. The Labute approximate surface area is 165 Å². The van der Waals surface area contributed by atoms with Crippen molar-refractivity contribution in [3.8, 4) is 0 Å². The van der Waals surface area contributed by atoms with Gasteiger partial charge in [0.2, 0.25) is 0 Å². The second-order valence-electron chi connectivity index (χ2n) is 7.36. The summed E-state index contributed by atoms with van der Waals surface area (Å²) in [5, 5.41) is 7.12. The number of nitrogens with zero attached hydrogens (tertiary/aromatic N) is 2. The van der Waals surface area contributed by atoms with Crippen molar-refractivity contribution < 1.29 is 27.5 Å². The lowest BCUT2D eigenvalue weighted by Gasteiger charge is -2.18. The highest BCUT2D eigenvalue weighted by molar-refractivity contribution is 5.73. The lowest BCUT2D eigenvalue weighted by Crippen LogP contribution is -2.27. The Morgan fingerprint density at radius 1 is 1.17 bits per heavy atom. The first-order chi connectivity index (χ1) is 13.7. The third kappa shape index (κ3) is 5.96. The van der Waals surface area contributed by atoms with Crippen LogP contribution in [0.15, 0.2) is 39.7 Å². The van der Waals surface area contributed by atoms with Gasteiger partial charge in [0.05, 0.1) is 12.8 Å². The van der Waals surface area contributed by atoms with Crippen molar-refractivity contribution in [3.63, 3.8) is 0 Å². The number of hydrogen-bond donors (Lipinski definition) is 1. The Kier molecular flexibility index (Phi) is 6.46. The zero-order valence-electron chi connectivity index (χ0n) is 15.8. The molecule has 6 nitrogen and oxygen atoms in total. The van der Waals surface area contributed by atoms with Crippen LogP contribution in [0.25, 0.3) is 0 Å². The van der Waals surface area contributed by atoms with Gasteiger partial charge in [0.25, 0.3) is 5.56 Å². The number of hydrogen-bond acceptors (Lipinski definition) is 4. The molecule has 1 saturated carbocycles. The van der Waals surface area contributed by atoms with E-state index in [4.69, 9.17) is 14.3 Å². The molecule has 1 aliphatic carbocycles. The number of carbonyl (C=O) groups is 1. The van der Waals surface area contributed by atoms with Gasteiger partial charge in [0.15, 0.2) is 0 Å². The molecule has 0 amide bonds. The summed E-state index contributed by atoms with van der Waals surface area (Å²) in [5.74, 6) is -1.01. The van der Waals surface area contributed by atoms with Gasteiger partial charge >= 0.3 is 12.1 Å². The third-order valence-corrected chi connectivity index (χ3v) is 5.09. The number of rotatable bonds is 4. The molecule has 29 heavy (non-hydrogen) atoms. The molecule has 0 spiro atoms. The molecule has 0 aromatic carbocycles. The summed E-state index contributed by atoms with van der Waals surface area (Å²) in [7, 11) is 0. The number of pyridine rings is 1. The minimum atomic E-state index is -5.08. The molecule has 158 valence electrons. The second kappa shape index (κ2) is 8.86. The van der Waals surface area contributed by atoms with E-state index in [-0.39, 0.29) is 5.56 Å². The maximum absolute atomic E-state index is 12.2. The Morgan fingerprint density at radius 3 is 2.45 bits per heavy atom. The van der Waals surface area contributed by atoms with Crippen molar-refractivity contribution in [1.29, 1.82) is 0 Å². The van der Waals surface area contributed by atoms with E-state index in [0.29, 0.717) is 0 Å². The molecule has 2 aromatic heterocycles. The Bertz CT molecular complexity index is 886. The summed E-state index contributed by atoms with van der Waals surface area (Å²) in [5.41, 5.74) is 2.79. The topological polar surface area (TPSA) is 75.7 Å². The summed E-state index contributed by atoms with van der Waals surface area (Å²) in [6.45, 7) is 3.78. The van der Waals surface area contributed by atoms with Crippen molar-refractivity contribution in [3.05, 3.63) is 57.9 Å². The van der Waals surface area contributed by atoms with Crippen LogP contribution >= 0.6 is 0 Å². The van der Waals surface area contributed by atoms with E-state index in [0.717, 1.165) is 50.7 Å². The monoisotopic (exact) mass is 412 g/mol. The van der Waals surface area contributed by atoms with E-state index < -0.39 is 12.1 Å². The summed E-state index contributed by atoms with van der Waals surface area (Å²) in [6.07, 6.45) is 1.18. The lowest BCUT2D eigenvalue weighted by atomic mass is 10.1. The van der Waals surface area contributed by atoms with Crippen LogP contribution in [-0.4, -0.2) is 39.8 Å². The average molecular weight is 412 g/mol. The molecular formula is C20H23F3N2O4. The molecule has 3 heterocycles. The number of halogens is 3. The summed E-state index contributed by atoms with van der Waals surface area (Å²) in [6, 6.07) is 7.76. The van der Waals surface area contributed by atoms with Gasteiger partial charge in [-0.1, -0.05) is 6.07 Å². The van der Waals surface area contributed by atoms with Gasteiger partial charge in [-0.05, 0) is 42.9 Å². The van der Waals surface area contributed by atoms with E-state index in [1.54, 1.807) is 12.3 Å². The van der Waals surface area contributed by atoms with E-state index >= 15 is 0 Å². The van der Waals surface area contributed by atoms with Gasteiger partial charge in [-0.3, -0.25) is 9.69 Å². The van der Waals surface area contributed by atoms with E-state index in [1.165, 1.54) is 24.1 Å². The van der Waals surface area contributed by atoms with E-state index in [9.17, 15) is 18.0 Å². The molecule has 9 heteroatoms. The SMILES string of the molecule is O=C(O)C(F)(F)F.O=c1ccc2c(n1CC1CC1)CCN(Cc1ccco1)CC2. The van der Waals surface area contributed by atoms with Crippen molar-refractivity contribution >= 4 is 5.97 Å². The molecule has 4 rings (SSSR count). The fourth-order valence-corrected chi connectivity index (χ4v) is 3.38. The zero-order chi connectivity index (χ0) is 21.0. The first-order valence-corrected chi connectivity index (χ1v) is 9.50. The third-order valence-electron chi connectivity index (χ3n) is 5.09. The van der Waals surface area contributed by atoms with Crippen LogP contribution in [0.5, 0.6) is 0 Å². The van der Waals surface area contributed by atoms with Crippen LogP contribution < -0.4 is 5.56 Å². The van der Waals surface area contributed by atoms with Gasteiger partial charge < -0.3 is 14.1 Å². The van der Waals surface area contributed by atoms with Gasteiger partial charge in [-0.25, -0.2) is 4.79 Å². The van der Waals surface area contributed by atoms with Gasteiger partial charge in [0, 0.05) is 37.8 Å². The predicted molar refractivity (Wildman–Crippen MR) is 98.5 cm³/mol. The molecule has 0 unspecified atom stereocenters. The molecule has 0 saturated heterocycles. The number of alkyl halides is 3. The second-order valence-corrected chi connectivity index (χ2v) is 7.36. The summed E-state index contributed by atoms with van der Waals surface area (Å²) >= 11 is 0. The summed E-state index contributed by atoms with van der Waals surface area (Å²) < 4.78 is 39.2. The minimum Gasteiger partial charge on any atom is -0.475 e. The number of carboxylic acids is 1. The Morgan fingerprint density at radius 2 is 1.86 bits per heavy atom. The smallest absolute Gasteiger partial charge is 0.475 e. The van der Waals surface area contributed by atoms with Crippen molar-refractivity contribution in [2.24, 2.45) is 5.92 Å². The Hall–Kier alpha value is -2.55. The van der Waals surface area contributed by atoms with Gasteiger partial charge in [-0.15, -0.1) is 0 Å². The average Bonchev–Trinajstić information content (AvgIpc) is 3.37. The van der Waals surface area contributed by atoms with Gasteiger partial charge in [0.1, 0.15) is 5.76 Å². The van der Waals surface area contributed by atoms with Crippen molar-refractivity contribution in [2.45, 2.75) is 44.9 Å². The number of carboxylic acid groups (broad SMARTS) is 1. The number of aromatic nitrogens is 1. The highest BCUT2D eigenvalue weighted by atomic mass is 19.4. The van der Waals surface area contributed by atoms with E-state index in [2.05, 4.69) is 4.90 Å². The molecule has 1 fully saturated rings. The van der Waals surface area contributed by atoms with Gasteiger partial charge in [-0.2, -0.15) is 13.2 Å². The molecular weight excluding hydrogens is 389 g/mol. The number of aliphatic carboxylic acids is 1. The van der Waals surface area contributed by atoms with Crippen LogP contribution in [0.3, 0.4) is 0 Å². The van der Waals surface area contributed by atoms with Crippen molar-refractivity contribution in [1.82, 2.24) is 9.47 Å². The van der Waals surface area contributed by atoms with Crippen LogP contribution in [0.1, 0.15) is 29.9 Å². The minimum absolute atomic E-state index is 0.171. The van der Waals surface area contributed by atoms with Crippen molar-refractivity contribution in [2.75, 3.05) is 13.1 Å².